The summed E-state index contributed by atoms with van der Waals surface area (Å²) in [5, 5.41) is 1.27. The molecule has 0 saturated heterocycles. The van der Waals surface area contributed by atoms with Crippen LogP contribution in [0.15, 0.2) is 67.0 Å². The van der Waals surface area contributed by atoms with Crippen LogP contribution in [-0.4, -0.2) is 16.3 Å². The molecule has 4 aromatic rings. The van der Waals surface area contributed by atoms with Crippen molar-refractivity contribution in [3.8, 4) is 17.1 Å². The first kappa shape index (κ1) is 25.6. The quantitative estimate of drug-likeness (QED) is 0.164. The Morgan fingerprint density at radius 3 is 2.22 bits per heavy atom. The van der Waals surface area contributed by atoms with E-state index in [0.29, 0.717) is 29.6 Å². The second kappa shape index (κ2) is 11.5. The molecule has 0 atom stereocenters. The Bertz CT molecular complexity index is 1290. The van der Waals surface area contributed by atoms with Crippen molar-refractivity contribution in [1.29, 1.82) is 0 Å². The van der Waals surface area contributed by atoms with E-state index in [1.165, 1.54) is 31.4 Å². The number of benzene rings is 3. The molecule has 4 rings (SSSR count). The van der Waals surface area contributed by atoms with E-state index in [2.05, 4.69) is 21.6 Å². The van der Waals surface area contributed by atoms with Gasteiger partial charge in [-0.1, -0.05) is 62.6 Å². The van der Waals surface area contributed by atoms with Gasteiger partial charge in [-0.25, -0.2) is 14.4 Å². The molecule has 0 aliphatic heterocycles. The van der Waals surface area contributed by atoms with Gasteiger partial charge in [0.05, 0.1) is 0 Å². The summed E-state index contributed by atoms with van der Waals surface area (Å²) in [6.07, 6.45) is 5.67. The number of rotatable bonds is 10. The summed E-state index contributed by atoms with van der Waals surface area (Å²) in [5.74, 6) is 0.0422. The van der Waals surface area contributed by atoms with Gasteiger partial charge in [-0.3, -0.25) is 0 Å². The molecular formula is C29H28F4N2O. The van der Waals surface area contributed by atoms with Gasteiger partial charge < -0.3 is 4.74 Å². The molecule has 1 aromatic heterocycles. The van der Waals surface area contributed by atoms with Crippen molar-refractivity contribution in [2.75, 3.05) is 0 Å². The first-order valence-corrected chi connectivity index (χ1v) is 12.2. The van der Waals surface area contributed by atoms with Crippen LogP contribution in [0.25, 0.3) is 22.2 Å². The van der Waals surface area contributed by atoms with Crippen LogP contribution in [-0.2, 0) is 19.3 Å². The molecule has 0 unspecified atom stereocenters. The van der Waals surface area contributed by atoms with Crippen molar-refractivity contribution >= 4 is 10.8 Å². The van der Waals surface area contributed by atoms with Crippen LogP contribution in [0, 0.1) is 5.82 Å². The Hall–Kier alpha value is -3.48. The summed E-state index contributed by atoms with van der Waals surface area (Å²) < 4.78 is 56.0. The van der Waals surface area contributed by atoms with Crippen LogP contribution in [0.2, 0.25) is 0 Å². The second-order valence-corrected chi connectivity index (χ2v) is 8.89. The van der Waals surface area contributed by atoms with Gasteiger partial charge in [-0.2, -0.15) is 0 Å². The van der Waals surface area contributed by atoms with Gasteiger partial charge >= 0.3 is 6.36 Å². The van der Waals surface area contributed by atoms with Gasteiger partial charge in [0.2, 0.25) is 0 Å². The molecule has 0 saturated carbocycles. The fourth-order valence-corrected chi connectivity index (χ4v) is 4.19. The number of unbranched alkanes of at least 4 members (excludes halogenated alkanes) is 3. The minimum absolute atomic E-state index is 0.274. The second-order valence-electron chi connectivity index (χ2n) is 8.89. The van der Waals surface area contributed by atoms with Crippen LogP contribution in [0.4, 0.5) is 17.6 Å². The highest BCUT2D eigenvalue weighted by Crippen LogP contribution is 2.27. The van der Waals surface area contributed by atoms with Crippen molar-refractivity contribution in [3.63, 3.8) is 0 Å². The van der Waals surface area contributed by atoms with E-state index >= 15 is 4.39 Å². The molecule has 0 amide bonds. The maximum Gasteiger partial charge on any atom is 0.573 e. The minimum Gasteiger partial charge on any atom is -0.406 e. The topological polar surface area (TPSA) is 35.0 Å². The van der Waals surface area contributed by atoms with Crippen molar-refractivity contribution < 1.29 is 22.3 Å². The number of aryl methyl sites for hydroxylation is 3. The zero-order valence-corrected chi connectivity index (χ0v) is 20.1. The fraction of sp³-hybridized carbons (Fsp3) is 0.310. The maximum absolute atomic E-state index is 15.2. The summed E-state index contributed by atoms with van der Waals surface area (Å²) in [5.41, 5.74) is 3.29. The van der Waals surface area contributed by atoms with Gasteiger partial charge in [0.25, 0.3) is 0 Å². The molecule has 0 bridgehead atoms. The average molecular weight is 497 g/mol. The number of fused-ring (bicyclic) bond motifs is 1. The number of ether oxygens (including phenoxy) is 1. The highest BCUT2D eigenvalue weighted by atomic mass is 19.4. The fourth-order valence-electron chi connectivity index (χ4n) is 4.19. The lowest BCUT2D eigenvalue weighted by Gasteiger charge is -2.10. The molecule has 0 spiro atoms. The van der Waals surface area contributed by atoms with Crippen LogP contribution in [0.3, 0.4) is 0 Å². The Kier molecular flexibility index (Phi) is 8.18. The number of halogens is 4. The SMILES string of the molecule is CCCCCCc1cnc(-c2ccc3c(F)c(CCc4ccc(OC(F)(F)F)cc4)ccc3c2)nc1. The first-order chi connectivity index (χ1) is 17.3. The third-order valence-corrected chi connectivity index (χ3v) is 6.16. The summed E-state index contributed by atoms with van der Waals surface area (Å²) in [4.78, 5) is 9.01. The zero-order valence-electron chi connectivity index (χ0n) is 20.1. The average Bonchev–Trinajstić information content (AvgIpc) is 2.86. The van der Waals surface area contributed by atoms with Gasteiger partial charge in [0, 0.05) is 23.3 Å². The largest absolute Gasteiger partial charge is 0.573 e. The number of hydrogen-bond acceptors (Lipinski definition) is 3. The Labute approximate surface area is 208 Å². The van der Waals surface area contributed by atoms with E-state index in [0.717, 1.165) is 34.9 Å². The molecule has 188 valence electrons. The van der Waals surface area contributed by atoms with Crippen molar-refractivity contribution in [2.45, 2.75) is 58.2 Å². The van der Waals surface area contributed by atoms with E-state index < -0.39 is 6.36 Å². The van der Waals surface area contributed by atoms with Gasteiger partial charge in [0.15, 0.2) is 5.82 Å². The molecule has 3 nitrogen and oxygen atoms in total. The van der Waals surface area contributed by atoms with Crippen molar-refractivity contribution in [2.24, 2.45) is 0 Å². The van der Waals surface area contributed by atoms with Gasteiger partial charge in [0.1, 0.15) is 11.6 Å². The molecule has 0 aliphatic rings. The first-order valence-electron chi connectivity index (χ1n) is 12.2. The van der Waals surface area contributed by atoms with E-state index in [-0.39, 0.29) is 11.6 Å². The van der Waals surface area contributed by atoms with Gasteiger partial charge in [-0.05, 0) is 66.0 Å². The number of alkyl halides is 3. The molecule has 0 radical (unpaired) electrons. The lowest BCUT2D eigenvalue weighted by Crippen LogP contribution is -2.17. The molecular weight excluding hydrogens is 468 g/mol. The van der Waals surface area contributed by atoms with Crippen LogP contribution in [0.1, 0.15) is 49.3 Å². The molecule has 1 heterocycles. The number of hydrogen-bond donors (Lipinski definition) is 0. The van der Waals surface area contributed by atoms with E-state index in [4.69, 9.17) is 0 Å². The van der Waals surface area contributed by atoms with Crippen LogP contribution < -0.4 is 4.74 Å². The number of nitrogens with zero attached hydrogens (tertiary/aromatic N) is 2. The monoisotopic (exact) mass is 496 g/mol. The molecule has 0 aliphatic carbocycles. The molecule has 0 N–H and O–H groups in total. The molecule has 7 heteroatoms. The Morgan fingerprint density at radius 2 is 1.53 bits per heavy atom. The van der Waals surface area contributed by atoms with E-state index in [1.807, 2.05) is 30.6 Å². The molecule has 3 aromatic carbocycles. The molecule has 0 fully saturated rings. The smallest absolute Gasteiger partial charge is 0.406 e. The predicted molar refractivity (Wildman–Crippen MR) is 133 cm³/mol. The van der Waals surface area contributed by atoms with Crippen LogP contribution >= 0.6 is 0 Å². The van der Waals surface area contributed by atoms with Crippen LogP contribution in [0.5, 0.6) is 5.75 Å². The minimum atomic E-state index is -4.72. The Morgan fingerprint density at radius 1 is 0.778 bits per heavy atom. The Balaban J connectivity index is 1.42. The standard InChI is InChI=1S/C29H28F4N2O/c1-2-3-4-5-6-21-18-34-28(35-19-21)24-13-16-26-23(17-24)12-11-22(27(26)30)10-7-20-8-14-25(15-9-20)36-29(31,32)33/h8-9,11-19H,2-7,10H2,1H3. The normalized spacial score (nSPS) is 11.7. The third kappa shape index (κ3) is 6.80. The lowest BCUT2D eigenvalue weighted by molar-refractivity contribution is -0.274. The summed E-state index contributed by atoms with van der Waals surface area (Å²) in [6.45, 7) is 2.19. The van der Waals surface area contributed by atoms with E-state index in [1.54, 1.807) is 24.3 Å². The summed E-state index contributed by atoms with van der Waals surface area (Å²) in [6, 6.07) is 14.7. The summed E-state index contributed by atoms with van der Waals surface area (Å²) >= 11 is 0. The van der Waals surface area contributed by atoms with Crippen molar-refractivity contribution in [3.05, 3.63) is 89.5 Å². The van der Waals surface area contributed by atoms with E-state index in [9.17, 15) is 13.2 Å². The maximum atomic E-state index is 15.2. The predicted octanol–water partition coefficient (Wildman–Crippen LogP) is 8.24. The highest BCUT2D eigenvalue weighted by Gasteiger charge is 2.30. The number of aromatic nitrogens is 2. The lowest BCUT2D eigenvalue weighted by atomic mass is 9.99. The van der Waals surface area contributed by atoms with Crippen molar-refractivity contribution in [1.82, 2.24) is 9.97 Å². The van der Waals surface area contributed by atoms with Gasteiger partial charge in [-0.15, -0.1) is 13.2 Å². The molecule has 36 heavy (non-hydrogen) atoms. The zero-order chi connectivity index (χ0) is 25.5. The highest BCUT2D eigenvalue weighted by molar-refractivity contribution is 5.87. The third-order valence-electron chi connectivity index (χ3n) is 6.16. The summed E-state index contributed by atoms with van der Waals surface area (Å²) in [7, 11) is 0.